The van der Waals surface area contributed by atoms with Crippen LogP contribution in [0.5, 0.6) is 0 Å². The van der Waals surface area contributed by atoms with E-state index in [1.54, 1.807) is 36.4 Å². The third-order valence-corrected chi connectivity index (χ3v) is 6.42. The van der Waals surface area contributed by atoms with E-state index in [9.17, 15) is 9.59 Å². The Bertz CT molecular complexity index is 1150. The molecule has 0 bridgehead atoms. The Morgan fingerprint density at radius 3 is 2.39 bits per heavy atom. The highest BCUT2D eigenvalue weighted by atomic mass is 35.5. The molecule has 2 heterocycles. The number of hydrogen-bond donors (Lipinski definition) is 0. The molecule has 0 saturated carbocycles. The Hall–Kier alpha value is -2.47. The molecule has 3 aromatic rings. The predicted molar refractivity (Wildman–Crippen MR) is 128 cm³/mol. The molecule has 31 heavy (non-hydrogen) atoms. The van der Waals surface area contributed by atoms with E-state index in [0.29, 0.717) is 37.7 Å². The van der Waals surface area contributed by atoms with Crippen molar-refractivity contribution in [2.45, 2.75) is 26.2 Å². The standard InChI is InChI=1S/C24H19Cl2NO3S/c1-2-3-5-15-8-10-16(11-9-15)27-23(28)21(31-24(27)29)14-17-12-13-20(30-17)22-18(25)6-4-7-19(22)26/h4,6-14H,2-3,5H2,1H3/b21-14+. The normalized spacial score (nSPS) is 15.3. The zero-order chi connectivity index (χ0) is 22.0. The zero-order valence-corrected chi connectivity index (χ0v) is 19.1. The maximum atomic E-state index is 12.9. The lowest BCUT2D eigenvalue weighted by molar-refractivity contribution is -0.113. The third kappa shape index (κ3) is 4.59. The first-order valence-corrected chi connectivity index (χ1v) is 11.5. The SMILES string of the molecule is CCCCc1ccc(N2C(=O)S/C(=C/c3ccc(-c4c(Cl)cccc4Cl)o3)C2=O)cc1. The maximum Gasteiger partial charge on any atom is 0.298 e. The molecule has 1 saturated heterocycles. The van der Waals surface area contributed by atoms with Gasteiger partial charge in [-0.15, -0.1) is 0 Å². The van der Waals surface area contributed by atoms with Crippen LogP contribution in [0.25, 0.3) is 17.4 Å². The Morgan fingerprint density at radius 1 is 1.00 bits per heavy atom. The van der Waals surface area contributed by atoms with E-state index < -0.39 is 0 Å². The summed E-state index contributed by atoms with van der Waals surface area (Å²) in [6.45, 7) is 2.14. The number of hydrogen-bond acceptors (Lipinski definition) is 4. The summed E-state index contributed by atoms with van der Waals surface area (Å²) in [6.07, 6.45) is 4.77. The van der Waals surface area contributed by atoms with Crippen molar-refractivity contribution in [1.82, 2.24) is 0 Å². The van der Waals surface area contributed by atoms with Gasteiger partial charge in [0.1, 0.15) is 11.5 Å². The third-order valence-electron chi connectivity index (χ3n) is 4.92. The molecule has 0 spiro atoms. The number of carbonyl (C=O) groups is 2. The molecule has 1 aromatic heterocycles. The summed E-state index contributed by atoms with van der Waals surface area (Å²) in [6, 6.07) is 16.2. The second-order valence-corrected chi connectivity index (χ2v) is 8.89. The zero-order valence-electron chi connectivity index (χ0n) is 16.7. The maximum absolute atomic E-state index is 12.9. The lowest BCUT2D eigenvalue weighted by atomic mass is 10.1. The van der Waals surface area contributed by atoms with Crippen molar-refractivity contribution in [3.63, 3.8) is 0 Å². The summed E-state index contributed by atoms with van der Waals surface area (Å²) in [5, 5.41) is 0.603. The Labute approximate surface area is 194 Å². The summed E-state index contributed by atoms with van der Waals surface area (Å²) in [5.74, 6) is 0.556. The van der Waals surface area contributed by atoms with Gasteiger partial charge in [0.25, 0.3) is 11.1 Å². The van der Waals surface area contributed by atoms with Crippen molar-refractivity contribution in [2.75, 3.05) is 4.90 Å². The number of anilines is 1. The number of amides is 2. The second kappa shape index (κ2) is 9.35. The molecule has 0 atom stereocenters. The summed E-state index contributed by atoms with van der Waals surface area (Å²) in [5.41, 5.74) is 2.34. The number of imide groups is 1. The minimum Gasteiger partial charge on any atom is -0.457 e. The molecule has 1 aliphatic heterocycles. The van der Waals surface area contributed by atoms with Crippen molar-refractivity contribution >= 4 is 57.9 Å². The average Bonchev–Trinajstić information content (AvgIpc) is 3.31. The first-order valence-electron chi connectivity index (χ1n) is 9.89. The molecule has 0 radical (unpaired) electrons. The monoisotopic (exact) mass is 471 g/mol. The van der Waals surface area contributed by atoms with Gasteiger partial charge in [0.15, 0.2) is 0 Å². The average molecular weight is 472 g/mol. The number of halogens is 2. The van der Waals surface area contributed by atoms with E-state index in [0.717, 1.165) is 31.0 Å². The number of furan rings is 1. The van der Waals surface area contributed by atoms with Crippen LogP contribution < -0.4 is 4.90 Å². The van der Waals surface area contributed by atoms with E-state index in [4.69, 9.17) is 27.6 Å². The Morgan fingerprint density at radius 2 is 1.71 bits per heavy atom. The molecule has 4 rings (SSSR count). The smallest absolute Gasteiger partial charge is 0.298 e. The number of carbonyl (C=O) groups excluding carboxylic acids is 2. The van der Waals surface area contributed by atoms with Crippen molar-refractivity contribution in [3.05, 3.63) is 80.9 Å². The van der Waals surface area contributed by atoms with Crippen LogP contribution in [0.15, 0.2) is 63.9 Å². The van der Waals surface area contributed by atoms with Crippen LogP contribution in [0.4, 0.5) is 10.5 Å². The Kier molecular flexibility index (Phi) is 6.56. The first kappa shape index (κ1) is 21.8. The molecule has 2 amide bonds. The highest BCUT2D eigenvalue weighted by molar-refractivity contribution is 8.19. The molecule has 2 aromatic carbocycles. The van der Waals surface area contributed by atoms with Gasteiger partial charge in [-0.05, 0) is 66.6 Å². The minimum atomic E-state index is -0.370. The van der Waals surface area contributed by atoms with Crippen LogP contribution in [0, 0.1) is 0 Å². The molecular weight excluding hydrogens is 453 g/mol. The largest absolute Gasteiger partial charge is 0.457 e. The van der Waals surface area contributed by atoms with Crippen molar-refractivity contribution in [1.29, 1.82) is 0 Å². The molecular formula is C24H19Cl2NO3S. The number of thioether (sulfide) groups is 1. The highest BCUT2D eigenvalue weighted by Crippen LogP contribution is 2.38. The van der Waals surface area contributed by atoms with Crippen molar-refractivity contribution < 1.29 is 14.0 Å². The van der Waals surface area contributed by atoms with E-state index in [-0.39, 0.29) is 11.1 Å². The van der Waals surface area contributed by atoms with Gasteiger partial charge in [0, 0.05) is 6.08 Å². The lowest BCUT2D eigenvalue weighted by Gasteiger charge is -2.13. The van der Waals surface area contributed by atoms with Gasteiger partial charge in [0.2, 0.25) is 0 Å². The van der Waals surface area contributed by atoms with Crippen LogP contribution >= 0.6 is 35.0 Å². The predicted octanol–water partition coefficient (Wildman–Crippen LogP) is 7.84. The fourth-order valence-corrected chi connectivity index (χ4v) is 4.72. The number of rotatable bonds is 6. The molecule has 0 unspecified atom stereocenters. The summed E-state index contributed by atoms with van der Waals surface area (Å²) in [7, 11) is 0. The molecule has 7 heteroatoms. The van der Waals surface area contributed by atoms with Gasteiger partial charge in [0.05, 0.1) is 26.2 Å². The fraction of sp³-hybridized carbons (Fsp3) is 0.167. The van der Waals surface area contributed by atoms with E-state index in [2.05, 4.69) is 6.92 Å². The molecule has 0 aliphatic carbocycles. The van der Waals surface area contributed by atoms with Crippen molar-refractivity contribution in [2.24, 2.45) is 0 Å². The summed E-state index contributed by atoms with van der Waals surface area (Å²) >= 11 is 13.4. The van der Waals surface area contributed by atoms with Crippen LogP contribution in [0.2, 0.25) is 10.0 Å². The van der Waals surface area contributed by atoms with Gasteiger partial charge in [-0.25, -0.2) is 4.90 Å². The van der Waals surface area contributed by atoms with E-state index >= 15 is 0 Å². The van der Waals surface area contributed by atoms with Gasteiger partial charge in [-0.1, -0.05) is 54.7 Å². The van der Waals surface area contributed by atoms with Gasteiger partial charge in [-0.3, -0.25) is 9.59 Å². The van der Waals surface area contributed by atoms with Gasteiger partial charge < -0.3 is 4.42 Å². The molecule has 1 aliphatic rings. The van der Waals surface area contributed by atoms with Crippen LogP contribution in [0.1, 0.15) is 31.1 Å². The topological polar surface area (TPSA) is 50.5 Å². The number of unbranched alkanes of at least 4 members (excludes halogenated alkanes) is 1. The molecule has 0 N–H and O–H groups in total. The minimum absolute atomic E-state index is 0.297. The number of aryl methyl sites for hydroxylation is 1. The van der Waals surface area contributed by atoms with E-state index in [1.165, 1.54) is 10.5 Å². The molecule has 1 fully saturated rings. The summed E-state index contributed by atoms with van der Waals surface area (Å²) < 4.78 is 5.83. The first-order chi connectivity index (χ1) is 15.0. The quantitative estimate of drug-likeness (QED) is 0.343. The molecule has 158 valence electrons. The molecule has 4 nitrogen and oxygen atoms in total. The van der Waals surface area contributed by atoms with Gasteiger partial charge >= 0.3 is 0 Å². The number of nitrogens with zero attached hydrogens (tertiary/aromatic N) is 1. The van der Waals surface area contributed by atoms with Crippen LogP contribution in [-0.2, 0) is 11.2 Å². The second-order valence-electron chi connectivity index (χ2n) is 7.09. The van der Waals surface area contributed by atoms with Gasteiger partial charge in [-0.2, -0.15) is 0 Å². The summed E-state index contributed by atoms with van der Waals surface area (Å²) in [4.78, 5) is 26.9. The Balaban J connectivity index is 1.56. The highest BCUT2D eigenvalue weighted by Gasteiger charge is 2.36. The van der Waals surface area contributed by atoms with Crippen molar-refractivity contribution in [3.8, 4) is 11.3 Å². The number of benzene rings is 2. The van der Waals surface area contributed by atoms with E-state index in [1.807, 2.05) is 24.3 Å². The fourth-order valence-electron chi connectivity index (χ4n) is 3.31. The van der Waals surface area contributed by atoms with Crippen LogP contribution in [0.3, 0.4) is 0 Å². The lowest BCUT2D eigenvalue weighted by Crippen LogP contribution is -2.27. The van der Waals surface area contributed by atoms with Crippen LogP contribution in [-0.4, -0.2) is 11.1 Å².